The molecule has 0 saturated carbocycles. The highest BCUT2D eigenvalue weighted by Crippen LogP contribution is 2.40. The second-order valence-electron chi connectivity index (χ2n) is 7.85. The molecule has 1 N–H and O–H groups in total. The molecule has 4 rings (SSSR count). The number of fused-ring (bicyclic) bond motifs is 2. The number of H-pyrrole nitrogens is 1. The number of aromatic amines is 1. The van der Waals surface area contributed by atoms with Gasteiger partial charge in [-0.15, -0.1) is 13.2 Å². The first-order valence-electron chi connectivity index (χ1n) is 10.7. The predicted molar refractivity (Wildman–Crippen MR) is 117 cm³/mol. The molecule has 2 heterocycles. The van der Waals surface area contributed by atoms with Crippen LogP contribution in [0.5, 0.6) is 17.2 Å². The second kappa shape index (κ2) is 9.25. The Bertz CT molecular complexity index is 1140. The normalized spacial score (nSPS) is 15.9. The minimum absolute atomic E-state index is 0.184. The zero-order valence-corrected chi connectivity index (χ0v) is 18.4. The molecule has 1 unspecified atom stereocenters. The van der Waals surface area contributed by atoms with E-state index in [0.717, 1.165) is 28.6 Å². The van der Waals surface area contributed by atoms with Gasteiger partial charge in [-0.05, 0) is 73.2 Å². The highest BCUT2D eigenvalue weighted by atomic mass is 19.4. The zero-order chi connectivity index (χ0) is 23.6. The van der Waals surface area contributed by atoms with E-state index >= 15 is 0 Å². The number of aryl methyl sites for hydroxylation is 1. The van der Waals surface area contributed by atoms with Crippen molar-refractivity contribution in [3.63, 3.8) is 0 Å². The van der Waals surface area contributed by atoms with Crippen molar-refractivity contribution in [3.8, 4) is 17.2 Å². The van der Waals surface area contributed by atoms with Crippen molar-refractivity contribution in [1.82, 2.24) is 9.88 Å². The van der Waals surface area contributed by atoms with Crippen LogP contribution in [0.4, 0.5) is 13.2 Å². The van der Waals surface area contributed by atoms with Gasteiger partial charge in [-0.2, -0.15) is 0 Å². The molecule has 0 aliphatic carbocycles. The smallest absolute Gasteiger partial charge is 0.493 e. The summed E-state index contributed by atoms with van der Waals surface area (Å²) in [6.07, 6.45) is -0.251. The van der Waals surface area contributed by atoms with E-state index in [1.807, 2.05) is 19.1 Å². The third kappa shape index (κ3) is 4.86. The Hall–Kier alpha value is -3.36. The van der Waals surface area contributed by atoms with Crippen molar-refractivity contribution >= 4 is 17.3 Å². The average molecular weight is 462 g/mol. The van der Waals surface area contributed by atoms with Gasteiger partial charge >= 0.3 is 6.36 Å². The molecule has 0 radical (unpaired) electrons. The molecule has 9 heteroatoms. The molecular weight excluding hydrogens is 437 g/mol. The minimum atomic E-state index is -4.75. The Morgan fingerprint density at radius 1 is 1.21 bits per heavy atom. The van der Waals surface area contributed by atoms with Gasteiger partial charge < -0.3 is 24.1 Å². The highest BCUT2D eigenvalue weighted by molar-refractivity contribution is 5.84. The molecular formula is C24H25F3N2O4. The third-order valence-corrected chi connectivity index (χ3v) is 5.92. The summed E-state index contributed by atoms with van der Waals surface area (Å²) in [5, 5.41) is 0.662. The van der Waals surface area contributed by atoms with Crippen LogP contribution in [0.1, 0.15) is 36.1 Å². The first-order chi connectivity index (χ1) is 15.8. The van der Waals surface area contributed by atoms with Gasteiger partial charge in [0, 0.05) is 23.6 Å². The van der Waals surface area contributed by atoms with Crippen molar-refractivity contribution < 1.29 is 32.2 Å². The van der Waals surface area contributed by atoms with E-state index < -0.39 is 6.36 Å². The lowest BCUT2D eigenvalue weighted by molar-refractivity contribution is -0.274. The number of aromatic nitrogens is 1. The van der Waals surface area contributed by atoms with Gasteiger partial charge in [-0.3, -0.25) is 4.79 Å². The van der Waals surface area contributed by atoms with Crippen LogP contribution in [0.3, 0.4) is 0 Å². The van der Waals surface area contributed by atoms with Crippen LogP contribution in [0, 0.1) is 0 Å². The number of carbonyl (C=O) groups excluding carboxylic acids is 1. The number of amides is 1. The number of benzene rings is 2. The molecule has 0 spiro atoms. The Labute approximate surface area is 189 Å². The Morgan fingerprint density at radius 2 is 2.03 bits per heavy atom. The monoisotopic (exact) mass is 462 g/mol. The fraction of sp³-hybridized carbons (Fsp3) is 0.375. The second-order valence-corrected chi connectivity index (χ2v) is 7.85. The molecule has 6 nitrogen and oxygen atoms in total. The summed E-state index contributed by atoms with van der Waals surface area (Å²) in [5.41, 5.74) is 3.67. The molecule has 0 saturated heterocycles. The third-order valence-electron chi connectivity index (χ3n) is 5.92. The predicted octanol–water partition coefficient (Wildman–Crippen LogP) is 5.16. The fourth-order valence-corrected chi connectivity index (χ4v) is 4.46. The topological polar surface area (TPSA) is 63.8 Å². The van der Waals surface area contributed by atoms with E-state index in [0.29, 0.717) is 49.3 Å². The minimum Gasteiger partial charge on any atom is -0.493 e. The number of nitrogens with zero attached hydrogens (tertiary/aromatic N) is 1. The molecule has 1 amide bonds. The van der Waals surface area contributed by atoms with Gasteiger partial charge in [0.25, 0.3) is 0 Å². The molecule has 2 aromatic carbocycles. The number of methoxy groups -OCH3 is 1. The fourth-order valence-electron chi connectivity index (χ4n) is 4.46. The lowest BCUT2D eigenvalue weighted by Gasteiger charge is -2.35. The van der Waals surface area contributed by atoms with E-state index in [4.69, 9.17) is 9.47 Å². The Morgan fingerprint density at radius 3 is 2.73 bits per heavy atom. The van der Waals surface area contributed by atoms with Gasteiger partial charge in [0.1, 0.15) is 5.75 Å². The summed E-state index contributed by atoms with van der Waals surface area (Å²) < 4.78 is 53.2. The van der Waals surface area contributed by atoms with E-state index in [1.165, 1.54) is 12.1 Å². The van der Waals surface area contributed by atoms with E-state index in [-0.39, 0.29) is 11.8 Å². The van der Waals surface area contributed by atoms with Gasteiger partial charge in [-0.25, -0.2) is 0 Å². The SMILES string of the molecule is CCOc1cc2c(cc1OC)CCN(C=O)C2CCc1c[nH]c2ccc(OC(F)(F)F)cc12. The van der Waals surface area contributed by atoms with Gasteiger partial charge in [0.2, 0.25) is 6.41 Å². The Kier molecular flexibility index (Phi) is 6.40. The number of hydrogen-bond acceptors (Lipinski definition) is 4. The first kappa shape index (κ1) is 22.8. The van der Waals surface area contributed by atoms with Gasteiger partial charge in [-0.1, -0.05) is 0 Å². The standard InChI is InChI=1S/C24H25F3N2O4/c1-3-32-23-12-19-15(10-22(23)31-2)8-9-29(14-30)21(19)7-4-16-13-28-20-6-5-17(11-18(16)20)33-24(25,26)27/h5-6,10-14,21,28H,3-4,7-9H2,1-2H3. The molecule has 1 aliphatic heterocycles. The molecule has 1 aliphatic rings. The summed E-state index contributed by atoms with van der Waals surface area (Å²) in [6.45, 7) is 2.95. The summed E-state index contributed by atoms with van der Waals surface area (Å²) >= 11 is 0. The quantitative estimate of drug-likeness (QED) is 0.470. The molecule has 1 aromatic heterocycles. The summed E-state index contributed by atoms with van der Waals surface area (Å²) in [4.78, 5) is 16.7. The lowest BCUT2D eigenvalue weighted by atomic mass is 9.88. The zero-order valence-electron chi connectivity index (χ0n) is 18.4. The summed E-state index contributed by atoms with van der Waals surface area (Å²) in [7, 11) is 1.59. The van der Waals surface area contributed by atoms with E-state index in [9.17, 15) is 18.0 Å². The van der Waals surface area contributed by atoms with Crippen molar-refractivity contribution in [1.29, 1.82) is 0 Å². The van der Waals surface area contributed by atoms with Crippen LogP contribution >= 0.6 is 0 Å². The molecule has 0 bridgehead atoms. The van der Waals surface area contributed by atoms with Crippen LogP contribution < -0.4 is 14.2 Å². The van der Waals surface area contributed by atoms with E-state index in [1.54, 1.807) is 24.3 Å². The van der Waals surface area contributed by atoms with Crippen molar-refractivity contribution in [3.05, 3.63) is 53.2 Å². The highest BCUT2D eigenvalue weighted by Gasteiger charge is 2.31. The molecule has 0 fully saturated rings. The van der Waals surface area contributed by atoms with Gasteiger partial charge in [0.15, 0.2) is 11.5 Å². The number of rotatable bonds is 8. The largest absolute Gasteiger partial charge is 0.573 e. The number of hydrogen-bond donors (Lipinski definition) is 1. The summed E-state index contributed by atoms with van der Waals surface area (Å²) in [5.74, 6) is 1.02. The van der Waals surface area contributed by atoms with Crippen molar-refractivity contribution in [2.75, 3.05) is 20.3 Å². The van der Waals surface area contributed by atoms with Crippen molar-refractivity contribution in [2.45, 2.75) is 38.6 Å². The number of halogens is 3. The average Bonchev–Trinajstić information content (AvgIpc) is 3.18. The molecule has 3 aromatic rings. The van der Waals surface area contributed by atoms with Crippen LogP contribution in [-0.2, 0) is 17.6 Å². The molecule has 176 valence electrons. The maximum absolute atomic E-state index is 12.6. The van der Waals surface area contributed by atoms with Crippen LogP contribution in [0.25, 0.3) is 10.9 Å². The number of alkyl halides is 3. The van der Waals surface area contributed by atoms with E-state index in [2.05, 4.69) is 9.72 Å². The number of nitrogens with one attached hydrogen (secondary N) is 1. The van der Waals surface area contributed by atoms with Crippen LogP contribution in [-0.4, -0.2) is 42.9 Å². The number of ether oxygens (including phenoxy) is 3. The maximum Gasteiger partial charge on any atom is 0.573 e. The Balaban J connectivity index is 1.62. The van der Waals surface area contributed by atoms with Crippen LogP contribution in [0.2, 0.25) is 0 Å². The summed E-state index contributed by atoms with van der Waals surface area (Å²) in [6, 6.07) is 7.94. The first-order valence-corrected chi connectivity index (χ1v) is 10.7. The van der Waals surface area contributed by atoms with Crippen LogP contribution in [0.15, 0.2) is 36.5 Å². The van der Waals surface area contributed by atoms with Crippen molar-refractivity contribution in [2.24, 2.45) is 0 Å². The maximum atomic E-state index is 12.6. The molecule has 1 atom stereocenters. The number of carbonyl (C=O) groups is 1. The van der Waals surface area contributed by atoms with Gasteiger partial charge in [0.05, 0.1) is 19.8 Å². The molecule has 33 heavy (non-hydrogen) atoms. The lowest BCUT2D eigenvalue weighted by Crippen LogP contribution is -2.34.